The van der Waals surface area contributed by atoms with Crippen molar-refractivity contribution in [2.24, 2.45) is 0 Å². The summed E-state index contributed by atoms with van der Waals surface area (Å²) in [7, 11) is 0. The van der Waals surface area contributed by atoms with Crippen molar-refractivity contribution in [1.29, 1.82) is 0 Å². The minimum absolute atomic E-state index is 0.0590. The van der Waals surface area contributed by atoms with Crippen molar-refractivity contribution in [2.75, 3.05) is 39.4 Å². The topological polar surface area (TPSA) is 55.2 Å². The zero-order valence-electron chi connectivity index (χ0n) is 23.7. The van der Waals surface area contributed by atoms with Gasteiger partial charge in [0.1, 0.15) is 0 Å². The predicted molar refractivity (Wildman–Crippen MR) is 154 cm³/mol. The third-order valence-electron chi connectivity index (χ3n) is 7.67. The lowest BCUT2D eigenvalue weighted by atomic mass is 10.1. The third-order valence-corrected chi connectivity index (χ3v) is 7.67. The van der Waals surface area contributed by atoms with Gasteiger partial charge in [0.15, 0.2) is 22.7 Å². The second kappa shape index (κ2) is 14.4. The molecule has 0 saturated carbocycles. The van der Waals surface area contributed by atoms with Crippen LogP contribution in [0.25, 0.3) is 21.9 Å². The SMILES string of the molecule is CCC(CCOc1cccc2c(=O)c3cccc(OCCC(CC)N(CC)CC)c3oc12)N(CC)CC. The van der Waals surface area contributed by atoms with E-state index in [1.165, 1.54) is 0 Å². The molecule has 0 saturated heterocycles. The second-order valence-electron chi connectivity index (χ2n) is 9.54. The van der Waals surface area contributed by atoms with Crippen LogP contribution in [0.3, 0.4) is 0 Å². The van der Waals surface area contributed by atoms with Crippen molar-refractivity contribution in [2.45, 2.75) is 79.3 Å². The maximum Gasteiger partial charge on any atom is 0.200 e. The number of hydrogen-bond acceptors (Lipinski definition) is 6. The molecule has 37 heavy (non-hydrogen) atoms. The summed E-state index contributed by atoms with van der Waals surface area (Å²) < 4.78 is 18.8. The Bertz CT molecular complexity index is 1080. The smallest absolute Gasteiger partial charge is 0.200 e. The predicted octanol–water partition coefficient (Wildman–Crippen LogP) is 6.72. The Morgan fingerprint density at radius 1 is 0.676 bits per heavy atom. The van der Waals surface area contributed by atoms with Gasteiger partial charge in [0.25, 0.3) is 0 Å². The molecule has 1 aromatic heterocycles. The van der Waals surface area contributed by atoms with Crippen LogP contribution in [0.5, 0.6) is 11.5 Å². The largest absolute Gasteiger partial charge is 0.490 e. The van der Waals surface area contributed by atoms with Crippen LogP contribution in [-0.4, -0.2) is 61.3 Å². The minimum atomic E-state index is -0.0590. The Kier molecular flexibility index (Phi) is 11.3. The summed E-state index contributed by atoms with van der Waals surface area (Å²) in [4.78, 5) is 18.3. The van der Waals surface area contributed by atoms with Gasteiger partial charge in [-0.25, -0.2) is 0 Å². The van der Waals surface area contributed by atoms with Crippen LogP contribution in [0, 0.1) is 0 Å². The highest BCUT2D eigenvalue weighted by Crippen LogP contribution is 2.32. The summed E-state index contributed by atoms with van der Waals surface area (Å²) in [6, 6.07) is 12.1. The molecule has 0 bridgehead atoms. The molecule has 0 N–H and O–H groups in total. The summed E-state index contributed by atoms with van der Waals surface area (Å²) in [6.07, 6.45) is 4.00. The first-order valence-corrected chi connectivity index (χ1v) is 14.2. The molecule has 6 nitrogen and oxygen atoms in total. The van der Waals surface area contributed by atoms with Crippen LogP contribution in [0.4, 0.5) is 0 Å². The molecule has 1 heterocycles. The zero-order chi connectivity index (χ0) is 26.8. The Balaban J connectivity index is 1.85. The molecule has 3 rings (SSSR count). The highest BCUT2D eigenvalue weighted by molar-refractivity contribution is 5.94. The van der Waals surface area contributed by atoms with E-state index in [1.807, 2.05) is 36.4 Å². The van der Waals surface area contributed by atoms with Crippen LogP contribution in [0.2, 0.25) is 0 Å². The van der Waals surface area contributed by atoms with Crippen molar-refractivity contribution in [3.8, 4) is 11.5 Å². The fraction of sp³-hybridized carbons (Fsp3) is 0.581. The fourth-order valence-electron chi connectivity index (χ4n) is 5.45. The van der Waals surface area contributed by atoms with Gasteiger partial charge in [0, 0.05) is 12.1 Å². The molecule has 0 fully saturated rings. The van der Waals surface area contributed by atoms with Gasteiger partial charge in [-0.1, -0.05) is 53.7 Å². The summed E-state index contributed by atoms with van der Waals surface area (Å²) >= 11 is 0. The first-order chi connectivity index (χ1) is 18.0. The van der Waals surface area contributed by atoms with Crippen molar-refractivity contribution in [3.63, 3.8) is 0 Å². The van der Waals surface area contributed by atoms with E-state index in [1.54, 1.807) is 0 Å². The van der Waals surface area contributed by atoms with E-state index in [0.717, 1.165) is 51.9 Å². The average molecular weight is 511 g/mol. The second-order valence-corrected chi connectivity index (χ2v) is 9.54. The third kappa shape index (κ3) is 6.85. The van der Waals surface area contributed by atoms with Gasteiger partial charge in [-0.05, 0) is 76.1 Å². The molecule has 0 aliphatic carbocycles. The molecule has 0 amide bonds. The molecule has 2 aromatic carbocycles. The average Bonchev–Trinajstić information content (AvgIpc) is 2.93. The Morgan fingerprint density at radius 3 is 1.43 bits per heavy atom. The number of benzene rings is 2. The number of rotatable bonds is 16. The molecule has 0 radical (unpaired) electrons. The van der Waals surface area contributed by atoms with E-state index < -0.39 is 0 Å². The van der Waals surface area contributed by atoms with E-state index in [4.69, 9.17) is 13.9 Å². The summed E-state index contributed by atoms with van der Waals surface area (Å²) in [5, 5.41) is 1.07. The monoisotopic (exact) mass is 510 g/mol. The maximum atomic E-state index is 13.4. The quantitative estimate of drug-likeness (QED) is 0.199. The number of nitrogens with zero attached hydrogens (tertiary/aromatic N) is 2. The van der Waals surface area contributed by atoms with Crippen LogP contribution in [0.15, 0.2) is 45.6 Å². The van der Waals surface area contributed by atoms with Crippen molar-refractivity contribution < 1.29 is 13.9 Å². The first kappa shape index (κ1) is 29.0. The normalized spacial score (nSPS) is 13.5. The van der Waals surface area contributed by atoms with Crippen LogP contribution in [-0.2, 0) is 0 Å². The summed E-state index contributed by atoms with van der Waals surface area (Å²) in [5.41, 5.74) is 0.916. The van der Waals surface area contributed by atoms with Gasteiger partial charge in [-0.3, -0.25) is 4.79 Å². The van der Waals surface area contributed by atoms with Crippen molar-refractivity contribution in [3.05, 3.63) is 46.6 Å². The highest BCUT2D eigenvalue weighted by atomic mass is 16.5. The lowest BCUT2D eigenvalue weighted by Gasteiger charge is -2.28. The van der Waals surface area contributed by atoms with E-state index in [2.05, 4.69) is 51.3 Å². The maximum absolute atomic E-state index is 13.4. The molecule has 2 unspecified atom stereocenters. The standard InChI is InChI=1S/C31H46N2O4/c1-7-23(32(9-3)10-4)19-21-35-27-17-13-15-25-29(34)26-16-14-18-28(31(26)37-30(25)27)36-22-20-24(8-2)33(11-5)12-6/h13-18,23-24H,7-12,19-22H2,1-6H3. The highest BCUT2D eigenvalue weighted by Gasteiger charge is 2.18. The molecule has 204 valence electrons. The first-order valence-electron chi connectivity index (χ1n) is 14.2. The Morgan fingerprint density at radius 2 is 1.08 bits per heavy atom. The molecular formula is C31H46N2O4. The Hall–Kier alpha value is -2.57. The molecule has 0 spiro atoms. The summed E-state index contributed by atoms with van der Waals surface area (Å²) in [5.74, 6) is 1.21. The molecule has 0 aliphatic heterocycles. The molecule has 6 heteroatoms. The summed E-state index contributed by atoms with van der Waals surface area (Å²) in [6.45, 7) is 18.5. The van der Waals surface area contributed by atoms with E-state index in [0.29, 0.717) is 58.7 Å². The molecule has 2 atom stereocenters. The van der Waals surface area contributed by atoms with Crippen molar-refractivity contribution >= 4 is 21.9 Å². The van der Waals surface area contributed by atoms with Crippen LogP contribution < -0.4 is 14.9 Å². The van der Waals surface area contributed by atoms with Gasteiger partial charge in [-0.2, -0.15) is 0 Å². The lowest BCUT2D eigenvalue weighted by molar-refractivity contribution is 0.172. The van der Waals surface area contributed by atoms with E-state index in [-0.39, 0.29) is 5.43 Å². The minimum Gasteiger partial charge on any atom is -0.490 e. The number of hydrogen-bond donors (Lipinski definition) is 0. The van der Waals surface area contributed by atoms with E-state index >= 15 is 0 Å². The van der Waals surface area contributed by atoms with Gasteiger partial charge in [-0.15, -0.1) is 0 Å². The number of ether oxygens (including phenoxy) is 2. The number of para-hydroxylation sites is 2. The van der Waals surface area contributed by atoms with Gasteiger partial charge < -0.3 is 23.7 Å². The fourth-order valence-corrected chi connectivity index (χ4v) is 5.45. The number of fused-ring (bicyclic) bond motifs is 2. The van der Waals surface area contributed by atoms with Crippen LogP contribution >= 0.6 is 0 Å². The molecule has 0 aliphatic rings. The van der Waals surface area contributed by atoms with E-state index in [9.17, 15) is 4.79 Å². The van der Waals surface area contributed by atoms with Gasteiger partial charge in [0.05, 0.1) is 24.0 Å². The molecule has 3 aromatic rings. The van der Waals surface area contributed by atoms with Gasteiger partial charge in [0.2, 0.25) is 5.43 Å². The molecular weight excluding hydrogens is 464 g/mol. The van der Waals surface area contributed by atoms with Crippen molar-refractivity contribution in [1.82, 2.24) is 9.80 Å². The zero-order valence-corrected chi connectivity index (χ0v) is 23.7. The lowest BCUT2D eigenvalue weighted by Crippen LogP contribution is -2.35. The Labute approximate surface area is 222 Å². The van der Waals surface area contributed by atoms with Gasteiger partial charge >= 0.3 is 0 Å². The van der Waals surface area contributed by atoms with Crippen LogP contribution in [0.1, 0.15) is 67.2 Å².